The summed E-state index contributed by atoms with van der Waals surface area (Å²) in [6.45, 7) is -0.413. The van der Waals surface area contributed by atoms with Crippen molar-refractivity contribution in [1.29, 1.82) is 0 Å². The van der Waals surface area contributed by atoms with Crippen LogP contribution < -0.4 is 5.32 Å². The third kappa shape index (κ3) is 3.81. The Balaban J connectivity index is 1.32. The Morgan fingerprint density at radius 1 is 0.844 bits per heavy atom. The van der Waals surface area contributed by atoms with Crippen LogP contribution in [0.5, 0.6) is 0 Å². The normalized spacial score (nSPS) is 10.9. The Kier molecular flexibility index (Phi) is 5.09. The van der Waals surface area contributed by atoms with Crippen molar-refractivity contribution in [3.8, 4) is 11.5 Å². The molecule has 0 aliphatic heterocycles. The molecule has 1 aromatic heterocycles. The van der Waals surface area contributed by atoms with Crippen molar-refractivity contribution in [2.24, 2.45) is 0 Å². The van der Waals surface area contributed by atoms with Crippen LogP contribution in [0, 0.1) is 0 Å². The predicted molar refractivity (Wildman–Crippen MR) is 122 cm³/mol. The Morgan fingerprint density at radius 2 is 1.59 bits per heavy atom. The third-order valence-electron chi connectivity index (χ3n) is 5.07. The zero-order valence-corrected chi connectivity index (χ0v) is 16.9. The number of nitrogens with one attached hydrogen (secondary N) is 1. The van der Waals surface area contributed by atoms with Crippen LogP contribution >= 0.6 is 0 Å². The lowest BCUT2D eigenvalue weighted by atomic mass is 10.1. The maximum Gasteiger partial charge on any atom is 0.339 e. The highest BCUT2D eigenvalue weighted by molar-refractivity contribution is 6.03. The number of fused-ring (bicyclic) bond motifs is 2. The Labute approximate surface area is 183 Å². The number of nitrogens with zero attached hydrogens (tertiary/aromatic N) is 1. The van der Waals surface area contributed by atoms with E-state index in [9.17, 15) is 9.59 Å². The van der Waals surface area contributed by atoms with Gasteiger partial charge in [-0.25, -0.2) is 9.78 Å². The highest BCUT2D eigenvalue weighted by Crippen LogP contribution is 2.27. The first-order chi connectivity index (χ1) is 15.7. The van der Waals surface area contributed by atoms with Crippen molar-refractivity contribution < 1.29 is 18.7 Å². The van der Waals surface area contributed by atoms with E-state index in [1.54, 1.807) is 24.3 Å². The van der Waals surface area contributed by atoms with Crippen molar-refractivity contribution in [3.63, 3.8) is 0 Å². The van der Waals surface area contributed by atoms with Crippen LogP contribution in [0.1, 0.15) is 10.4 Å². The molecule has 0 fully saturated rings. The molecular weight excluding hydrogens is 404 g/mol. The lowest BCUT2D eigenvalue weighted by Crippen LogP contribution is -2.21. The standard InChI is InChI=1S/C26H18N2O4/c29-24(27-21-14-7-9-17-8-1-2-10-18(17)21)16-31-26(30)20-12-4-3-11-19(20)25-28-22-13-5-6-15-23(22)32-25/h1-15H,16H2,(H,27,29). The number of esters is 1. The first-order valence-corrected chi connectivity index (χ1v) is 10.1. The summed E-state index contributed by atoms with van der Waals surface area (Å²) in [6.07, 6.45) is 0. The third-order valence-corrected chi connectivity index (χ3v) is 5.07. The SMILES string of the molecule is O=C(COC(=O)c1ccccc1-c1nc2ccccc2o1)Nc1cccc2ccccc12. The summed E-state index contributed by atoms with van der Waals surface area (Å²) in [5, 5.41) is 4.73. The van der Waals surface area contributed by atoms with Gasteiger partial charge in [0, 0.05) is 11.1 Å². The molecule has 0 saturated carbocycles. The average Bonchev–Trinajstić information content (AvgIpc) is 3.27. The molecule has 5 aromatic rings. The number of carbonyl (C=O) groups is 2. The monoisotopic (exact) mass is 422 g/mol. The average molecular weight is 422 g/mol. The van der Waals surface area contributed by atoms with Crippen molar-refractivity contribution in [2.45, 2.75) is 0 Å². The lowest BCUT2D eigenvalue weighted by Gasteiger charge is -2.10. The number of aromatic nitrogens is 1. The van der Waals surface area contributed by atoms with Gasteiger partial charge in [0.1, 0.15) is 5.52 Å². The Bertz CT molecular complexity index is 1420. The van der Waals surface area contributed by atoms with E-state index in [1.165, 1.54) is 0 Å². The van der Waals surface area contributed by atoms with Gasteiger partial charge in [-0.1, -0.05) is 60.7 Å². The van der Waals surface area contributed by atoms with Crippen molar-refractivity contribution >= 4 is 39.4 Å². The zero-order valence-electron chi connectivity index (χ0n) is 16.9. The van der Waals surface area contributed by atoms with E-state index in [4.69, 9.17) is 9.15 Å². The summed E-state index contributed by atoms with van der Waals surface area (Å²) in [5.74, 6) is -0.732. The number of benzene rings is 4. The molecule has 0 radical (unpaired) electrons. The van der Waals surface area contributed by atoms with Gasteiger partial charge in [-0.2, -0.15) is 0 Å². The second-order valence-corrected chi connectivity index (χ2v) is 7.18. The van der Waals surface area contributed by atoms with Crippen LogP contribution in [-0.2, 0) is 9.53 Å². The summed E-state index contributed by atoms with van der Waals surface area (Å²) in [7, 11) is 0. The van der Waals surface area contributed by atoms with Gasteiger partial charge in [0.05, 0.1) is 11.1 Å². The largest absolute Gasteiger partial charge is 0.452 e. The van der Waals surface area contributed by atoms with Gasteiger partial charge in [-0.15, -0.1) is 0 Å². The maximum absolute atomic E-state index is 12.8. The van der Waals surface area contributed by atoms with E-state index in [1.807, 2.05) is 66.7 Å². The molecule has 0 saturated heterocycles. The van der Waals surface area contributed by atoms with E-state index in [0.717, 1.165) is 10.8 Å². The molecule has 0 bridgehead atoms. The van der Waals surface area contributed by atoms with Gasteiger partial charge >= 0.3 is 5.97 Å². The minimum absolute atomic E-state index is 0.275. The van der Waals surface area contributed by atoms with Crippen LogP contribution in [0.2, 0.25) is 0 Å². The van der Waals surface area contributed by atoms with E-state index in [0.29, 0.717) is 28.2 Å². The van der Waals surface area contributed by atoms with Crippen molar-refractivity contribution in [1.82, 2.24) is 4.98 Å². The van der Waals surface area contributed by atoms with Crippen LogP contribution in [-0.4, -0.2) is 23.5 Å². The number of rotatable bonds is 5. The molecule has 6 heteroatoms. The molecule has 0 unspecified atom stereocenters. The number of para-hydroxylation sites is 2. The molecule has 4 aromatic carbocycles. The van der Waals surface area contributed by atoms with Gasteiger partial charge in [-0.05, 0) is 35.7 Å². The van der Waals surface area contributed by atoms with E-state index in [-0.39, 0.29) is 5.56 Å². The second-order valence-electron chi connectivity index (χ2n) is 7.18. The van der Waals surface area contributed by atoms with Gasteiger partial charge in [0.25, 0.3) is 5.91 Å². The van der Waals surface area contributed by atoms with Crippen LogP contribution in [0.4, 0.5) is 5.69 Å². The summed E-state index contributed by atoms with van der Waals surface area (Å²) in [5.41, 5.74) is 2.76. The molecule has 32 heavy (non-hydrogen) atoms. The Morgan fingerprint density at radius 3 is 2.50 bits per heavy atom. The predicted octanol–water partition coefficient (Wildman–Crippen LogP) is 5.44. The molecule has 0 atom stereocenters. The van der Waals surface area contributed by atoms with Gasteiger partial charge in [-0.3, -0.25) is 4.79 Å². The molecule has 6 nitrogen and oxygen atoms in total. The minimum Gasteiger partial charge on any atom is -0.452 e. The van der Waals surface area contributed by atoms with Gasteiger partial charge in [0.15, 0.2) is 12.2 Å². The fraction of sp³-hybridized carbons (Fsp3) is 0.0385. The molecule has 0 spiro atoms. The molecule has 0 aliphatic rings. The van der Waals surface area contributed by atoms with Crippen molar-refractivity contribution in [2.75, 3.05) is 11.9 Å². The number of hydrogen-bond donors (Lipinski definition) is 1. The summed E-state index contributed by atoms with van der Waals surface area (Å²) >= 11 is 0. The van der Waals surface area contributed by atoms with Gasteiger partial charge in [0.2, 0.25) is 5.89 Å². The molecule has 1 heterocycles. The highest BCUT2D eigenvalue weighted by atomic mass is 16.5. The number of ether oxygens (including phenoxy) is 1. The number of oxazole rings is 1. The number of carbonyl (C=O) groups excluding carboxylic acids is 2. The number of anilines is 1. The molecule has 5 rings (SSSR count). The van der Waals surface area contributed by atoms with E-state index < -0.39 is 18.5 Å². The topological polar surface area (TPSA) is 81.4 Å². The molecular formula is C26H18N2O4. The smallest absolute Gasteiger partial charge is 0.339 e. The Hall–Kier alpha value is -4.45. The second kappa shape index (κ2) is 8.35. The first-order valence-electron chi connectivity index (χ1n) is 10.1. The summed E-state index contributed by atoms with van der Waals surface area (Å²) in [4.78, 5) is 29.6. The number of amides is 1. The fourth-order valence-corrected chi connectivity index (χ4v) is 3.56. The van der Waals surface area contributed by atoms with Crippen molar-refractivity contribution in [3.05, 3.63) is 96.6 Å². The minimum atomic E-state index is -0.629. The first kappa shape index (κ1) is 19.5. The van der Waals surface area contributed by atoms with E-state index >= 15 is 0 Å². The zero-order chi connectivity index (χ0) is 21.9. The molecule has 0 aliphatic carbocycles. The lowest BCUT2D eigenvalue weighted by molar-refractivity contribution is -0.119. The highest BCUT2D eigenvalue weighted by Gasteiger charge is 2.19. The molecule has 1 amide bonds. The summed E-state index contributed by atoms with van der Waals surface area (Å²) in [6, 6.07) is 27.6. The van der Waals surface area contributed by atoms with Crippen LogP contribution in [0.3, 0.4) is 0 Å². The van der Waals surface area contributed by atoms with Gasteiger partial charge < -0.3 is 14.5 Å². The fourth-order valence-electron chi connectivity index (χ4n) is 3.56. The quantitative estimate of drug-likeness (QED) is 0.381. The molecule has 156 valence electrons. The van der Waals surface area contributed by atoms with E-state index in [2.05, 4.69) is 10.3 Å². The van der Waals surface area contributed by atoms with Crippen LogP contribution in [0.25, 0.3) is 33.3 Å². The summed E-state index contributed by atoms with van der Waals surface area (Å²) < 4.78 is 11.1. The van der Waals surface area contributed by atoms with Crippen LogP contribution in [0.15, 0.2) is 95.4 Å². The molecule has 1 N–H and O–H groups in total. The number of hydrogen-bond acceptors (Lipinski definition) is 5. The maximum atomic E-state index is 12.8.